The molecule has 0 heterocycles. The fourth-order valence-corrected chi connectivity index (χ4v) is 2.38. The first-order valence-corrected chi connectivity index (χ1v) is 7.66. The Morgan fingerprint density at radius 1 is 1.39 bits per heavy atom. The fourth-order valence-electron chi connectivity index (χ4n) is 1.52. The van der Waals surface area contributed by atoms with E-state index in [9.17, 15) is 12.8 Å². The molecule has 3 nitrogen and oxygen atoms in total. The van der Waals surface area contributed by atoms with Gasteiger partial charge in [0.1, 0.15) is 5.82 Å². The monoisotopic (exact) mass is 293 g/mol. The third kappa shape index (κ3) is 2.68. The molecule has 0 spiro atoms. The highest BCUT2D eigenvalue weighted by Crippen LogP contribution is 2.34. The van der Waals surface area contributed by atoms with Gasteiger partial charge in [0, 0.05) is 11.3 Å². The second-order valence-corrected chi connectivity index (χ2v) is 7.98. The topological polar surface area (TPSA) is 60.2 Å². The van der Waals surface area contributed by atoms with Gasteiger partial charge in [-0.2, -0.15) is 0 Å². The lowest BCUT2D eigenvalue weighted by atomic mass is 9.94. The van der Waals surface area contributed by atoms with Crippen LogP contribution in [0.15, 0.2) is 12.1 Å². The average molecular weight is 294 g/mol. The van der Waals surface area contributed by atoms with Crippen LogP contribution >= 0.6 is 11.6 Å². The summed E-state index contributed by atoms with van der Waals surface area (Å²) in [5.74, 6) is -0.437. The van der Waals surface area contributed by atoms with E-state index < -0.39 is 26.4 Å². The van der Waals surface area contributed by atoms with Crippen molar-refractivity contribution >= 4 is 21.4 Å². The van der Waals surface area contributed by atoms with Crippen molar-refractivity contribution in [3.63, 3.8) is 0 Å². The van der Waals surface area contributed by atoms with Gasteiger partial charge >= 0.3 is 0 Å². The Morgan fingerprint density at radius 3 is 2.33 bits per heavy atom. The van der Waals surface area contributed by atoms with E-state index in [-0.39, 0.29) is 5.02 Å². The number of hydrogen-bond donors (Lipinski definition) is 1. The van der Waals surface area contributed by atoms with E-state index in [1.165, 1.54) is 19.9 Å². The number of aryl methyl sites for hydroxylation is 1. The van der Waals surface area contributed by atoms with Crippen molar-refractivity contribution < 1.29 is 12.8 Å². The summed E-state index contributed by atoms with van der Waals surface area (Å²) in [5, 5.41) is 0.141. The van der Waals surface area contributed by atoms with E-state index in [1.54, 1.807) is 6.92 Å². The van der Waals surface area contributed by atoms with Crippen molar-refractivity contribution in [2.75, 3.05) is 6.26 Å². The molecule has 18 heavy (non-hydrogen) atoms. The van der Waals surface area contributed by atoms with Crippen LogP contribution in [0.5, 0.6) is 0 Å². The minimum Gasteiger partial charge on any atom is -0.323 e. The normalized spacial score (nSPS) is 14.6. The maximum atomic E-state index is 13.3. The van der Waals surface area contributed by atoms with Gasteiger partial charge in [-0.15, -0.1) is 0 Å². The molecule has 1 atom stereocenters. The molecule has 0 aromatic heterocycles. The largest absolute Gasteiger partial charge is 0.323 e. The molecule has 1 aromatic rings. The summed E-state index contributed by atoms with van der Waals surface area (Å²) in [6.07, 6.45) is 1.12. The summed E-state index contributed by atoms with van der Waals surface area (Å²) in [6.45, 7) is 4.64. The molecule has 0 saturated carbocycles. The Morgan fingerprint density at radius 2 is 1.89 bits per heavy atom. The van der Waals surface area contributed by atoms with Gasteiger partial charge in [0.25, 0.3) is 0 Å². The summed E-state index contributed by atoms with van der Waals surface area (Å²) in [6, 6.07) is 1.83. The molecule has 2 N–H and O–H groups in total. The van der Waals surface area contributed by atoms with E-state index in [1.807, 2.05) is 0 Å². The molecule has 0 saturated heterocycles. The third-order valence-electron chi connectivity index (χ3n) is 3.32. The van der Waals surface area contributed by atoms with Crippen molar-refractivity contribution in [2.45, 2.75) is 31.6 Å². The van der Waals surface area contributed by atoms with Crippen LogP contribution in [0, 0.1) is 12.7 Å². The van der Waals surface area contributed by atoms with E-state index in [0.717, 1.165) is 12.3 Å². The van der Waals surface area contributed by atoms with E-state index in [2.05, 4.69) is 0 Å². The van der Waals surface area contributed by atoms with E-state index in [0.29, 0.717) is 11.1 Å². The van der Waals surface area contributed by atoms with Crippen LogP contribution in [0.4, 0.5) is 4.39 Å². The van der Waals surface area contributed by atoms with Gasteiger partial charge < -0.3 is 5.73 Å². The van der Waals surface area contributed by atoms with Crippen molar-refractivity contribution in [2.24, 2.45) is 5.73 Å². The highest BCUT2D eigenvalue weighted by Gasteiger charge is 2.38. The third-order valence-corrected chi connectivity index (χ3v) is 5.81. The first kappa shape index (κ1) is 15.4. The predicted molar refractivity (Wildman–Crippen MR) is 72.0 cm³/mol. The van der Waals surface area contributed by atoms with Crippen molar-refractivity contribution in [3.05, 3.63) is 34.1 Å². The van der Waals surface area contributed by atoms with Crippen LogP contribution in [0.25, 0.3) is 0 Å². The Balaban J connectivity index is 3.36. The molecule has 0 aliphatic rings. The van der Waals surface area contributed by atoms with Crippen LogP contribution in [0.1, 0.15) is 31.0 Å². The Kier molecular flexibility index (Phi) is 4.10. The van der Waals surface area contributed by atoms with E-state index >= 15 is 0 Å². The molecule has 0 bridgehead atoms. The highest BCUT2D eigenvalue weighted by atomic mass is 35.5. The van der Waals surface area contributed by atoms with Crippen LogP contribution in [-0.4, -0.2) is 19.4 Å². The Hall–Kier alpha value is -0.650. The van der Waals surface area contributed by atoms with Crippen LogP contribution in [-0.2, 0) is 9.84 Å². The molecule has 0 amide bonds. The lowest BCUT2D eigenvalue weighted by Gasteiger charge is -2.30. The van der Waals surface area contributed by atoms with Gasteiger partial charge in [-0.05, 0) is 38.0 Å². The zero-order chi connectivity index (χ0) is 14.3. The summed E-state index contributed by atoms with van der Waals surface area (Å²) in [7, 11) is -3.37. The quantitative estimate of drug-likeness (QED) is 0.932. The molecular formula is C12H17ClFNO2S. The lowest BCUT2D eigenvalue weighted by Crippen LogP contribution is -2.42. The molecule has 1 unspecified atom stereocenters. The number of benzene rings is 1. The standard InChI is InChI=1S/C12H17ClFNO2S/c1-7-5-8(9(13)6-10(7)14)11(15)12(2,3)18(4,16)17/h5-6,11H,15H2,1-4H3. The van der Waals surface area contributed by atoms with Crippen LogP contribution in [0.2, 0.25) is 5.02 Å². The molecule has 6 heteroatoms. The van der Waals surface area contributed by atoms with Gasteiger partial charge in [0.15, 0.2) is 9.84 Å². The zero-order valence-electron chi connectivity index (χ0n) is 10.8. The first-order valence-electron chi connectivity index (χ1n) is 5.39. The van der Waals surface area contributed by atoms with Crippen molar-refractivity contribution in [3.8, 4) is 0 Å². The van der Waals surface area contributed by atoms with Gasteiger partial charge in [-0.1, -0.05) is 17.7 Å². The predicted octanol–water partition coefficient (Wildman–Crippen LogP) is 2.61. The number of rotatable bonds is 3. The second kappa shape index (κ2) is 4.79. The molecule has 0 radical (unpaired) electrons. The van der Waals surface area contributed by atoms with Gasteiger partial charge in [-0.25, -0.2) is 12.8 Å². The highest BCUT2D eigenvalue weighted by molar-refractivity contribution is 7.92. The number of sulfone groups is 1. The summed E-state index contributed by atoms with van der Waals surface area (Å²) < 4.78 is 35.6. The van der Waals surface area contributed by atoms with Crippen LogP contribution in [0.3, 0.4) is 0 Å². The Labute approximate surface area is 112 Å². The molecule has 0 fully saturated rings. The lowest BCUT2D eigenvalue weighted by molar-refractivity contribution is 0.495. The molecule has 1 aromatic carbocycles. The minimum absolute atomic E-state index is 0.141. The van der Waals surface area contributed by atoms with Gasteiger partial charge in [-0.3, -0.25) is 0 Å². The van der Waals surface area contributed by atoms with Crippen molar-refractivity contribution in [1.82, 2.24) is 0 Å². The fraction of sp³-hybridized carbons (Fsp3) is 0.500. The van der Waals surface area contributed by atoms with Gasteiger partial charge in [0.05, 0.1) is 10.8 Å². The summed E-state index contributed by atoms with van der Waals surface area (Å²) in [4.78, 5) is 0. The number of hydrogen-bond acceptors (Lipinski definition) is 3. The average Bonchev–Trinajstić information content (AvgIpc) is 2.20. The maximum Gasteiger partial charge on any atom is 0.154 e. The number of halogens is 2. The van der Waals surface area contributed by atoms with Gasteiger partial charge in [0.2, 0.25) is 0 Å². The first-order chi connectivity index (χ1) is 7.98. The second-order valence-electron chi connectivity index (χ2n) is 4.98. The SMILES string of the molecule is Cc1cc(C(N)C(C)(C)S(C)(=O)=O)c(Cl)cc1F. The molecule has 102 valence electrons. The molecular weight excluding hydrogens is 277 g/mol. The Bertz CT molecular complexity index is 570. The maximum absolute atomic E-state index is 13.3. The summed E-state index contributed by atoms with van der Waals surface area (Å²) in [5.41, 5.74) is 6.81. The van der Waals surface area contributed by atoms with Crippen molar-refractivity contribution in [1.29, 1.82) is 0 Å². The molecule has 1 rings (SSSR count). The zero-order valence-corrected chi connectivity index (χ0v) is 12.4. The summed E-state index contributed by atoms with van der Waals surface area (Å²) >= 11 is 5.94. The smallest absolute Gasteiger partial charge is 0.154 e. The van der Waals surface area contributed by atoms with Crippen LogP contribution < -0.4 is 5.73 Å². The number of nitrogens with two attached hydrogens (primary N) is 1. The molecule has 0 aliphatic carbocycles. The van der Waals surface area contributed by atoms with E-state index in [4.69, 9.17) is 17.3 Å². The molecule has 0 aliphatic heterocycles. The minimum atomic E-state index is -3.37.